The first-order chi connectivity index (χ1) is 29.1. The molecule has 0 bridgehead atoms. The lowest BCUT2D eigenvalue weighted by Gasteiger charge is -2.18. The highest BCUT2D eigenvalue weighted by Crippen LogP contribution is 2.46. The molecule has 0 saturated heterocycles. The van der Waals surface area contributed by atoms with Gasteiger partial charge in [-0.05, 0) is 90.4 Å². The Morgan fingerprint density at radius 3 is 1.87 bits per heavy atom. The predicted octanol–water partition coefficient (Wildman–Crippen LogP) is 12.8. The smallest absolute Gasteiger partial charge is 0.147 e. The van der Waals surface area contributed by atoms with Crippen molar-refractivity contribution in [3.05, 3.63) is 158 Å². The van der Waals surface area contributed by atoms with Crippen molar-refractivity contribution in [1.29, 1.82) is 0 Å². The van der Waals surface area contributed by atoms with Crippen LogP contribution in [0.4, 0.5) is 0 Å². The SMILES string of the molecule is [2H]c1c([2H])c([2H])c2c([2H])c(-c3c4c([2H])c([2H])c([2H])c([2H])c4c(-c4ccc5oc6c(ccc7occ(-c8ccccc8)c76)c5c4)c4c([2H])c([2H])c([2H])c([2H])c34)c([2H])c([2H])c2c1[2H]. The van der Waals surface area contributed by atoms with E-state index in [2.05, 4.69) is 0 Å². The molecule has 8 aromatic carbocycles. The van der Waals surface area contributed by atoms with Crippen LogP contribution in [0.25, 0.3) is 98.6 Å². The van der Waals surface area contributed by atoms with Crippen molar-refractivity contribution in [3.63, 3.8) is 0 Å². The molecule has 0 aliphatic rings. The summed E-state index contributed by atoms with van der Waals surface area (Å²) in [5.74, 6) is 0. The summed E-state index contributed by atoms with van der Waals surface area (Å²) in [4.78, 5) is 0. The Morgan fingerprint density at radius 2 is 1.13 bits per heavy atom. The lowest BCUT2D eigenvalue weighted by atomic mass is 9.85. The van der Waals surface area contributed by atoms with E-state index < -0.39 is 107 Å². The van der Waals surface area contributed by atoms with Gasteiger partial charge < -0.3 is 8.83 Å². The summed E-state index contributed by atoms with van der Waals surface area (Å²) in [6.45, 7) is 0. The quantitative estimate of drug-likeness (QED) is 0.188. The minimum atomic E-state index is -0.746. The van der Waals surface area contributed by atoms with E-state index in [0.717, 1.165) is 16.5 Å². The molecule has 0 spiro atoms. The van der Waals surface area contributed by atoms with Gasteiger partial charge >= 0.3 is 0 Å². The zero-order valence-corrected chi connectivity index (χ0v) is 23.7. The van der Waals surface area contributed by atoms with Gasteiger partial charge in [0, 0.05) is 16.3 Å². The number of hydrogen-bond acceptors (Lipinski definition) is 2. The molecule has 10 aromatic rings. The highest BCUT2D eigenvalue weighted by molar-refractivity contribution is 6.23. The normalized spacial score (nSPS) is 16.5. The molecule has 0 radical (unpaired) electrons. The van der Waals surface area contributed by atoms with Crippen molar-refractivity contribution in [1.82, 2.24) is 0 Å². The molecular weight excluding hydrogens is 560 g/mol. The van der Waals surface area contributed by atoms with Crippen LogP contribution < -0.4 is 0 Å². The monoisotopic (exact) mass is 601 g/mol. The van der Waals surface area contributed by atoms with Gasteiger partial charge in [0.15, 0.2) is 0 Å². The van der Waals surface area contributed by atoms with Crippen molar-refractivity contribution in [3.8, 4) is 33.4 Å². The van der Waals surface area contributed by atoms with Crippen LogP contribution in [-0.4, -0.2) is 0 Å². The van der Waals surface area contributed by atoms with Crippen molar-refractivity contribution in [2.24, 2.45) is 0 Å². The van der Waals surface area contributed by atoms with Gasteiger partial charge in [0.25, 0.3) is 0 Å². The minimum Gasteiger partial charge on any atom is -0.464 e. The van der Waals surface area contributed by atoms with E-state index in [0.29, 0.717) is 27.5 Å². The maximum absolute atomic E-state index is 9.44. The molecule has 0 aliphatic carbocycles. The van der Waals surface area contributed by atoms with Gasteiger partial charge in [-0.2, -0.15) is 0 Å². The lowest BCUT2D eigenvalue weighted by molar-refractivity contribution is 0.616. The number of rotatable bonds is 3. The van der Waals surface area contributed by atoms with Gasteiger partial charge in [-0.15, -0.1) is 0 Å². The number of benzene rings is 8. The topological polar surface area (TPSA) is 26.3 Å². The van der Waals surface area contributed by atoms with E-state index in [1.54, 1.807) is 30.5 Å². The third-order valence-electron chi connectivity index (χ3n) is 8.42. The van der Waals surface area contributed by atoms with Crippen molar-refractivity contribution >= 4 is 65.2 Å². The van der Waals surface area contributed by atoms with Crippen LogP contribution in [0, 0.1) is 0 Å². The summed E-state index contributed by atoms with van der Waals surface area (Å²) in [7, 11) is 0. The van der Waals surface area contributed by atoms with E-state index in [9.17, 15) is 8.22 Å². The first-order valence-electron chi connectivity index (χ1n) is 21.9. The maximum Gasteiger partial charge on any atom is 0.147 e. The van der Waals surface area contributed by atoms with Crippen LogP contribution in [0.5, 0.6) is 0 Å². The largest absolute Gasteiger partial charge is 0.464 e. The summed E-state index contributed by atoms with van der Waals surface area (Å²) in [6.07, 6.45) is 1.65. The molecule has 0 amide bonds. The first-order valence-corrected chi connectivity index (χ1v) is 14.4. The van der Waals surface area contributed by atoms with Gasteiger partial charge in [0.2, 0.25) is 0 Å². The summed E-state index contributed by atoms with van der Waals surface area (Å²) in [5.41, 5.74) is 2.63. The van der Waals surface area contributed by atoms with Crippen molar-refractivity contribution in [2.45, 2.75) is 0 Å². The summed E-state index contributed by atoms with van der Waals surface area (Å²) in [6, 6.07) is 8.09. The van der Waals surface area contributed by atoms with E-state index >= 15 is 0 Å². The molecular formula is C44H26O2. The van der Waals surface area contributed by atoms with Crippen LogP contribution >= 0.6 is 0 Å². The van der Waals surface area contributed by atoms with Crippen molar-refractivity contribution < 1.29 is 29.4 Å². The highest BCUT2D eigenvalue weighted by Gasteiger charge is 2.20. The van der Waals surface area contributed by atoms with Gasteiger partial charge in [0.1, 0.15) is 16.7 Å². The molecule has 0 unspecified atom stereocenters. The molecule has 0 N–H and O–H groups in total. The fourth-order valence-electron chi connectivity index (χ4n) is 6.41. The predicted molar refractivity (Wildman–Crippen MR) is 192 cm³/mol. The molecule has 0 fully saturated rings. The average molecular weight is 602 g/mol. The Kier molecular flexibility index (Phi) is 3.11. The zero-order valence-electron chi connectivity index (χ0n) is 38.7. The number of fused-ring (bicyclic) bond motifs is 8. The van der Waals surface area contributed by atoms with E-state index in [4.69, 9.17) is 21.2 Å². The van der Waals surface area contributed by atoms with E-state index in [1.807, 2.05) is 36.4 Å². The van der Waals surface area contributed by atoms with Crippen LogP contribution in [0.1, 0.15) is 20.6 Å². The lowest BCUT2D eigenvalue weighted by Crippen LogP contribution is -1.91. The van der Waals surface area contributed by atoms with Crippen molar-refractivity contribution in [2.75, 3.05) is 0 Å². The maximum atomic E-state index is 9.44. The molecule has 2 heteroatoms. The van der Waals surface area contributed by atoms with Crippen LogP contribution in [0.2, 0.25) is 0 Å². The molecule has 0 atom stereocenters. The standard InChI is InChI=1S/C44H26O2/c1-2-11-28(12-3-1)38-26-45-40-23-21-36-37-25-31(20-22-39(37)46-44(36)43(38)40)42-34-16-8-6-14-32(34)41(33-15-7-9-17-35(33)42)30-19-18-27-10-4-5-13-29(27)24-30/h1-26H/i4D,5D,6D,7D,8D,9D,10D,13D,14D,15D,16D,17D,18D,19D,24D. The molecule has 0 saturated carbocycles. The van der Waals surface area contributed by atoms with E-state index in [1.165, 1.54) is 0 Å². The zero-order chi connectivity index (χ0) is 43.2. The number of furan rings is 2. The molecule has 0 aliphatic heterocycles. The second-order valence-electron chi connectivity index (χ2n) is 10.9. The second-order valence-corrected chi connectivity index (χ2v) is 10.9. The third kappa shape index (κ3) is 3.65. The molecule has 46 heavy (non-hydrogen) atoms. The molecule has 2 aromatic heterocycles. The molecule has 214 valence electrons. The fraction of sp³-hybridized carbons (Fsp3) is 0. The van der Waals surface area contributed by atoms with Gasteiger partial charge in [0.05, 0.1) is 32.2 Å². The molecule has 2 nitrogen and oxygen atoms in total. The highest BCUT2D eigenvalue weighted by atomic mass is 16.3. The Bertz CT molecular complexity index is 3570. The van der Waals surface area contributed by atoms with Gasteiger partial charge in [-0.3, -0.25) is 0 Å². The second kappa shape index (κ2) is 9.69. The molecule has 2 heterocycles. The molecule has 10 rings (SSSR count). The minimum absolute atomic E-state index is 0.00484. The van der Waals surface area contributed by atoms with Crippen LogP contribution in [0.15, 0.2) is 166 Å². The van der Waals surface area contributed by atoms with Gasteiger partial charge in [-0.25, -0.2) is 0 Å². The average Bonchev–Trinajstić information content (AvgIpc) is 3.87. The third-order valence-corrected chi connectivity index (χ3v) is 8.42. The Labute approximate surface area is 285 Å². The summed E-state index contributed by atoms with van der Waals surface area (Å²) < 4.78 is 147. The Balaban J connectivity index is 1.41. The van der Waals surface area contributed by atoms with Crippen LogP contribution in [0.3, 0.4) is 0 Å². The summed E-state index contributed by atoms with van der Waals surface area (Å²) >= 11 is 0. The fourth-order valence-corrected chi connectivity index (χ4v) is 6.41. The summed E-state index contributed by atoms with van der Waals surface area (Å²) in [5, 5.41) is 0.0799. The Hall–Kier alpha value is -6.12. The Morgan fingerprint density at radius 1 is 0.478 bits per heavy atom. The van der Waals surface area contributed by atoms with Crippen LogP contribution in [-0.2, 0) is 0 Å². The first kappa shape index (κ1) is 14.8. The van der Waals surface area contributed by atoms with E-state index in [-0.39, 0.29) is 38.2 Å². The number of hydrogen-bond donors (Lipinski definition) is 0. The van der Waals surface area contributed by atoms with Gasteiger partial charge in [-0.1, -0.05) is 121 Å².